The van der Waals surface area contributed by atoms with Crippen LogP contribution in [0.4, 0.5) is 0 Å². The van der Waals surface area contributed by atoms with Crippen LogP contribution in [-0.4, -0.2) is 41.8 Å². The van der Waals surface area contributed by atoms with Crippen LogP contribution in [0.3, 0.4) is 0 Å². The molecule has 0 N–H and O–H groups in total. The van der Waals surface area contributed by atoms with Gasteiger partial charge in [-0.3, -0.25) is 0 Å². The molecule has 0 saturated carbocycles. The second-order valence-electron chi connectivity index (χ2n) is 2.57. The molecule has 2 atom stereocenters. The van der Waals surface area contributed by atoms with Crippen molar-refractivity contribution in [3.05, 3.63) is 0 Å². The molecule has 0 aliphatic heterocycles. The molecule has 0 aliphatic rings. The van der Waals surface area contributed by atoms with Gasteiger partial charge in [-0.2, -0.15) is 0 Å². The SMILES string of the molecule is CCC(C)OC(C)CC.[Na]. The fraction of sp³-hybridized carbons (Fsp3) is 1.00. The maximum atomic E-state index is 5.55. The molecule has 0 aromatic rings. The maximum Gasteiger partial charge on any atom is 0.0548 e. The Bertz CT molecular complexity index is 58.3. The van der Waals surface area contributed by atoms with Crippen molar-refractivity contribution in [1.29, 1.82) is 0 Å². The predicted molar refractivity (Wildman–Crippen MR) is 46.3 cm³/mol. The summed E-state index contributed by atoms with van der Waals surface area (Å²) in [5.74, 6) is 0. The number of hydrogen-bond acceptors (Lipinski definition) is 1. The molecule has 1 radical (unpaired) electrons. The second kappa shape index (κ2) is 8.06. The van der Waals surface area contributed by atoms with Crippen molar-refractivity contribution in [3.63, 3.8) is 0 Å². The summed E-state index contributed by atoms with van der Waals surface area (Å²) in [6.45, 7) is 8.53. The molecule has 0 rings (SSSR count). The van der Waals surface area contributed by atoms with E-state index in [0.29, 0.717) is 12.2 Å². The van der Waals surface area contributed by atoms with E-state index in [1.54, 1.807) is 0 Å². The molecule has 2 unspecified atom stereocenters. The van der Waals surface area contributed by atoms with E-state index < -0.39 is 0 Å². The summed E-state index contributed by atoms with van der Waals surface area (Å²) in [4.78, 5) is 0. The van der Waals surface area contributed by atoms with Crippen LogP contribution in [0.15, 0.2) is 0 Å². The van der Waals surface area contributed by atoms with Crippen LogP contribution in [0, 0.1) is 0 Å². The van der Waals surface area contributed by atoms with E-state index in [4.69, 9.17) is 4.74 Å². The van der Waals surface area contributed by atoms with Crippen LogP contribution in [0.25, 0.3) is 0 Å². The van der Waals surface area contributed by atoms with Gasteiger partial charge in [0.1, 0.15) is 0 Å². The summed E-state index contributed by atoms with van der Waals surface area (Å²) in [5.41, 5.74) is 0. The van der Waals surface area contributed by atoms with Gasteiger partial charge in [0.15, 0.2) is 0 Å². The Morgan fingerprint density at radius 1 is 1.00 bits per heavy atom. The third-order valence-corrected chi connectivity index (χ3v) is 1.61. The van der Waals surface area contributed by atoms with Crippen LogP contribution in [0.5, 0.6) is 0 Å². The van der Waals surface area contributed by atoms with Crippen LogP contribution in [0.2, 0.25) is 0 Å². The monoisotopic (exact) mass is 153 g/mol. The quantitative estimate of drug-likeness (QED) is 0.563. The van der Waals surface area contributed by atoms with Crippen molar-refractivity contribution in [2.45, 2.75) is 52.7 Å². The number of rotatable bonds is 4. The molecule has 2 heteroatoms. The van der Waals surface area contributed by atoms with Gasteiger partial charge in [0, 0.05) is 29.6 Å². The molecule has 0 fully saturated rings. The molecule has 0 aromatic heterocycles. The van der Waals surface area contributed by atoms with Crippen molar-refractivity contribution >= 4 is 29.6 Å². The Balaban J connectivity index is 0. The van der Waals surface area contributed by atoms with E-state index in [9.17, 15) is 0 Å². The molecule has 0 spiro atoms. The fourth-order valence-electron chi connectivity index (χ4n) is 0.589. The zero-order chi connectivity index (χ0) is 7.28. The first kappa shape index (κ1) is 13.5. The van der Waals surface area contributed by atoms with E-state index in [1.807, 2.05) is 0 Å². The Morgan fingerprint density at radius 2 is 1.30 bits per heavy atom. The number of ether oxygens (including phenoxy) is 1. The predicted octanol–water partition coefficient (Wildman–Crippen LogP) is 2.22. The van der Waals surface area contributed by atoms with Crippen LogP contribution >= 0.6 is 0 Å². The zero-order valence-corrected chi connectivity index (χ0v) is 9.98. The molecule has 0 aromatic carbocycles. The van der Waals surface area contributed by atoms with Gasteiger partial charge >= 0.3 is 0 Å². The molecule has 10 heavy (non-hydrogen) atoms. The molecule has 0 aliphatic carbocycles. The average molecular weight is 153 g/mol. The Labute approximate surface area is 86.8 Å². The third kappa shape index (κ3) is 7.07. The summed E-state index contributed by atoms with van der Waals surface area (Å²) in [6.07, 6.45) is 3.09. The first-order valence-corrected chi connectivity index (χ1v) is 3.86. The minimum atomic E-state index is 0. The van der Waals surface area contributed by atoms with Crippen LogP contribution in [0.1, 0.15) is 40.5 Å². The molecule has 0 saturated heterocycles. The smallest absolute Gasteiger partial charge is 0.0548 e. The van der Waals surface area contributed by atoms with Crippen molar-refractivity contribution < 1.29 is 4.74 Å². The van der Waals surface area contributed by atoms with Crippen molar-refractivity contribution in [2.24, 2.45) is 0 Å². The summed E-state index contributed by atoms with van der Waals surface area (Å²) in [5, 5.41) is 0. The minimum absolute atomic E-state index is 0. The summed E-state index contributed by atoms with van der Waals surface area (Å²) < 4.78 is 5.55. The molecule has 0 bridgehead atoms. The molecular formula is C8H18NaO. The van der Waals surface area contributed by atoms with Gasteiger partial charge in [-0.05, 0) is 26.7 Å². The number of hydrogen-bond donors (Lipinski definition) is 0. The van der Waals surface area contributed by atoms with Crippen molar-refractivity contribution in [2.75, 3.05) is 0 Å². The van der Waals surface area contributed by atoms with Crippen LogP contribution in [-0.2, 0) is 4.74 Å². The Kier molecular flexibility index (Phi) is 10.9. The van der Waals surface area contributed by atoms with E-state index in [-0.39, 0.29) is 29.6 Å². The van der Waals surface area contributed by atoms with Gasteiger partial charge in [-0.1, -0.05) is 13.8 Å². The molecule has 1 nitrogen and oxygen atoms in total. The molecule has 0 heterocycles. The first-order chi connectivity index (χ1) is 4.20. The van der Waals surface area contributed by atoms with Crippen molar-refractivity contribution in [3.8, 4) is 0 Å². The topological polar surface area (TPSA) is 9.23 Å². The Morgan fingerprint density at radius 3 is 1.50 bits per heavy atom. The minimum Gasteiger partial charge on any atom is -0.376 e. The van der Waals surface area contributed by atoms with Gasteiger partial charge in [0.25, 0.3) is 0 Å². The molecule has 57 valence electrons. The normalized spacial score (nSPS) is 15.6. The van der Waals surface area contributed by atoms with E-state index >= 15 is 0 Å². The van der Waals surface area contributed by atoms with Crippen molar-refractivity contribution in [1.82, 2.24) is 0 Å². The van der Waals surface area contributed by atoms with Crippen LogP contribution < -0.4 is 0 Å². The van der Waals surface area contributed by atoms with Gasteiger partial charge in [-0.25, -0.2) is 0 Å². The van der Waals surface area contributed by atoms with Gasteiger partial charge in [-0.15, -0.1) is 0 Å². The second-order valence-corrected chi connectivity index (χ2v) is 2.57. The summed E-state index contributed by atoms with van der Waals surface area (Å²) in [6, 6.07) is 0. The maximum absolute atomic E-state index is 5.55. The first-order valence-electron chi connectivity index (χ1n) is 3.86. The van der Waals surface area contributed by atoms with Gasteiger partial charge in [0.05, 0.1) is 12.2 Å². The molecule has 0 amide bonds. The zero-order valence-electron chi connectivity index (χ0n) is 7.98. The largest absolute Gasteiger partial charge is 0.376 e. The van der Waals surface area contributed by atoms with E-state index in [2.05, 4.69) is 27.7 Å². The average Bonchev–Trinajstić information content (AvgIpc) is 1.87. The van der Waals surface area contributed by atoms with E-state index in [0.717, 1.165) is 12.8 Å². The summed E-state index contributed by atoms with van der Waals surface area (Å²) in [7, 11) is 0. The molecular weight excluding hydrogens is 135 g/mol. The third-order valence-electron chi connectivity index (χ3n) is 1.61. The van der Waals surface area contributed by atoms with Gasteiger partial charge < -0.3 is 4.74 Å². The standard InChI is InChI=1S/C8H18O.Na/c1-5-7(3)9-8(4)6-2;/h7-8H,5-6H2,1-4H3;. The van der Waals surface area contributed by atoms with Gasteiger partial charge in [0.2, 0.25) is 0 Å². The summed E-state index contributed by atoms with van der Waals surface area (Å²) >= 11 is 0. The fourth-order valence-corrected chi connectivity index (χ4v) is 0.589. The Hall–Kier alpha value is 0.960. The van der Waals surface area contributed by atoms with E-state index in [1.165, 1.54) is 0 Å².